The van der Waals surface area contributed by atoms with Gasteiger partial charge in [-0.3, -0.25) is 9.59 Å². The molecule has 3 aromatic rings. The first kappa shape index (κ1) is 22.7. The molecule has 0 aliphatic rings. The van der Waals surface area contributed by atoms with Gasteiger partial charge in [0.25, 0.3) is 0 Å². The zero-order chi connectivity index (χ0) is 22.4. The molecule has 0 bridgehead atoms. The molecule has 0 amide bonds. The molecule has 6 nitrogen and oxygen atoms in total. The molecule has 0 aliphatic heterocycles. The van der Waals surface area contributed by atoms with Gasteiger partial charge in [-0.1, -0.05) is 19.1 Å². The smallest absolute Gasteiger partial charge is 0.312 e. The lowest BCUT2D eigenvalue weighted by Gasteiger charge is -2.08. The molecule has 0 saturated carbocycles. The number of carbonyl (C=O) groups excluding carboxylic acids is 2. The SMILES string of the molecule is CCCn1c(C)cc(C(=O)COC(=O)Cc2csc(-c3ccccc3OCC)n2)c1C. The highest BCUT2D eigenvalue weighted by molar-refractivity contribution is 7.13. The number of Topliss-reactive ketones (excluding diaryl/α,β-unsaturated/α-hetero) is 1. The van der Waals surface area contributed by atoms with Crippen molar-refractivity contribution in [2.24, 2.45) is 0 Å². The van der Waals surface area contributed by atoms with Crippen LogP contribution in [-0.2, 0) is 22.5 Å². The molecule has 2 heterocycles. The van der Waals surface area contributed by atoms with E-state index >= 15 is 0 Å². The highest BCUT2D eigenvalue weighted by Crippen LogP contribution is 2.32. The summed E-state index contributed by atoms with van der Waals surface area (Å²) in [6.07, 6.45) is 1.01. The monoisotopic (exact) mass is 440 g/mol. The van der Waals surface area contributed by atoms with Gasteiger partial charge in [0, 0.05) is 28.9 Å². The highest BCUT2D eigenvalue weighted by atomic mass is 32.1. The molecule has 2 aromatic heterocycles. The van der Waals surface area contributed by atoms with Gasteiger partial charge in [0.05, 0.1) is 24.3 Å². The van der Waals surface area contributed by atoms with E-state index in [1.807, 2.05) is 56.5 Å². The number of ketones is 1. The fourth-order valence-electron chi connectivity index (χ4n) is 3.51. The molecule has 0 saturated heterocycles. The van der Waals surface area contributed by atoms with Crippen molar-refractivity contribution in [1.29, 1.82) is 0 Å². The lowest BCUT2D eigenvalue weighted by Crippen LogP contribution is -2.16. The Hall–Kier alpha value is -2.93. The van der Waals surface area contributed by atoms with Crippen molar-refractivity contribution in [3.05, 3.63) is 58.4 Å². The van der Waals surface area contributed by atoms with Crippen LogP contribution in [0, 0.1) is 13.8 Å². The van der Waals surface area contributed by atoms with Crippen molar-refractivity contribution in [3.63, 3.8) is 0 Å². The van der Waals surface area contributed by atoms with E-state index in [-0.39, 0.29) is 18.8 Å². The van der Waals surface area contributed by atoms with Crippen LogP contribution in [0.3, 0.4) is 0 Å². The maximum Gasteiger partial charge on any atom is 0.312 e. The van der Waals surface area contributed by atoms with Crippen LogP contribution in [0.25, 0.3) is 10.6 Å². The van der Waals surface area contributed by atoms with E-state index in [4.69, 9.17) is 9.47 Å². The molecule has 0 atom stereocenters. The van der Waals surface area contributed by atoms with Gasteiger partial charge in [-0.2, -0.15) is 0 Å². The van der Waals surface area contributed by atoms with Gasteiger partial charge in [-0.05, 0) is 45.4 Å². The number of aromatic nitrogens is 2. The van der Waals surface area contributed by atoms with E-state index in [9.17, 15) is 9.59 Å². The van der Waals surface area contributed by atoms with Crippen molar-refractivity contribution in [2.75, 3.05) is 13.2 Å². The van der Waals surface area contributed by atoms with Crippen LogP contribution in [0.15, 0.2) is 35.7 Å². The van der Waals surface area contributed by atoms with Crippen LogP contribution in [0.2, 0.25) is 0 Å². The number of carbonyl (C=O) groups is 2. The Bertz CT molecular complexity index is 1070. The van der Waals surface area contributed by atoms with Crippen molar-refractivity contribution in [2.45, 2.75) is 47.1 Å². The summed E-state index contributed by atoms with van der Waals surface area (Å²) < 4.78 is 13.0. The molecule has 0 aliphatic carbocycles. The Kier molecular flexibility index (Phi) is 7.63. The summed E-state index contributed by atoms with van der Waals surface area (Å²) in [7, 11) is 0. The zero-order valence-electron chi connectivity index (χ0n) is 18.4. The van der Waals surface area contributed by atoms with Gasteiger partial charge < -0.3 is 14.0 Å². The minimum Gasteiger partial charge on any atom is -0.493 e. The van der Waals surface area contributed by atoms with Gasteiger partial charge in [-0.25, -0.2) is 4.98 Å². The average molecular weight is 441 g/mol. The lowest BCUT2D eigenvalue weighted by molar-refractivity contribution is -0.141. The molecule has 31 heavy (non-hydrogen) atoms. The maximum absolute atomic E-state index is 12.6. The van der Waals surface area contributed by atoms with Crippen LogP contribution in [-0.4, -0.2) is 34.5 Å². The summed E-state index contributed by atoms with van der Waals surface area (Å²) in [6, 6.07) is 9.55. The third kappa shape index (κ3) is 5.41. The molecule has 0 unspecified atom stereocenters. The third-order valence-corrected chi connectivity index (χ3v) is 5.90. The summed E-state index contributed by atoms with van der Waals surface area (Å²) in [6.45, 7) is 9.10. The van der Waals surface area contributed by atoms with Gasteiger partial charge >= 0.3 is 5.97 Å². The van der Waals surface area contributed by atoms with E-state index in [0.717, 1.165) is 40.7 Å². The highest BCUT2D eigenvalue weighted by Gasteiger charge is 2.18. The first-order valence-corrected chi connectivity index (χ1v) is 11.3. The zero-order valence-corrected chi connectivity index (χ0v) is 19.3. The number of hydrogen-bond donors (Lipinski definition) is 0. The number of nitrogens with zero attached hydrogens (tertiary/aromatic N) is 2. The molecule has 0 radical (unpaired) electrons. The normalized spacial score (nSPS) is 10.8. The quantitative estimate of drug-likeness (QED) is 0.328. The summed E-state index contributed by atoms with van der Waals surface area (Å²) in [4.78, 5) is 29.4. The van der Waals surface area contributed by atoms with Crippen LogP contribution < -0.4 is 4.74 Å². The molecule has 3 rings (SSSR count). The van der Waals surface area contributed by atoms with E-state index in [2.05, 4.69) is 16.5 Å². The van der Waals surface area contributed by atoms with Gasteiger partial charge in [0.1, 0.15) is 10.8 Å². The Balaban J connectivity index is 1.60. The Morgan fingerprint density at radius 1 is 1.16 bits per heavy atom. The molecular weight excluding hydrogens is 412 g/mol. The second kappa shape index (κ2) is 10.4. The first-order chi connectivity index (χ1) is 14.9. The lowest BCUT2D eigenvalue weighted by atomic mass is 10.1. The van der Waals surface area contributed by atoms with Crippen LogP contribution in [0.1, 0.15) is 47.7 Å². The third-order valence-electron chi connectivity index (χ3n) is 4.98. The van der Waals surface area contributed by atoms with E-state index in [1.54, 1.807) is 0 Å². The van der Waals surface area contributed by atoms with Crippen molar-refractivity contribution in [1.82, 2.24) is 9.55 Å². The number of rotatable bonds is 10. The van der Waals surface area contributed by atoms with Crippen LogP contribution >= 0.6 is 11.3 Å². The van der Waals surface area contributed by atoms with E-state index in [0.29, 0.717) is 17.9 Å². The topological polar surface area (TPSA) is 70.4 Å². The van der Waals surface area contributed by atoms with Gasteiger partial charge in [0.15, 0.2) is 6.61 Å². The Labute approximate surface area is 186 Å². The largest absolute Gasteiger partial charge is 0.493 e. The molecular formula is C24H28N2O4S. The maximum atomic E-state index is 12.6. The number of ether oxygens (including phenoxy) is 2. The van der Waals surface area contributed by atoms with E-state index < -0.39 is 5.97 Å². The summed E-state index contributed by atoms with van der Waals surface area (Å²) in [5, 5.41) is 2.62. The number of thiazole rings is 1. The summed E-state index contributed by atoms with van der Waals surface area (Å²) in [5.74, 6) is 0.110. The fourth-order valence-corrected chi connectivity index (χ4v) is 4.36. The molecule has 0 N–H and O–H groups in total. The molecule has 0 fully saturated rings. The van der Waals surface area contributed by atoms with Gasteiger partial charge in [-0.15, -0.1) is 11.3 Å². The Morgan fingerprint density at radius 3 is 2.68 bits per heavy atom. The predicted octanol–water partition coefficient (Wildman–Crippen LogP) is 5.01. The first-order valence-electron chi connectivity index (χ1n) is 10.5. The molecule has 7 heteroatoms. The Morgan fingerprint density at radius 2 is 1.94 bits per heavy atom. The fraction of sp³-hybridized carbons (Fsp3) is 0.375. The second-order valence-electron chi connectivity index (χ2n) is 7.27. The second-order valence-corrected chi connectivity index (χ2v) is 8.13. The van der Waals surface area contributed by atoms with Crippen molar-refractivity contribution in [3.8, 4) is 16.3 Å². The summed E-state index contributed by atoms with van der Waals surface area (Å²) in [5.41, 5.74) is 4.08. The number of benzene rings is 1. The molecule has 0 spiro atoms. The molecule has 1 aromatic carbocycles. The van der Waals surface area contributed by atoms with Crippen molar-refractivity contribution >= 4 is 23.1 Å². The number of para-hydroxylation sites is 1. The average Bonchev–Trinajstić information content (AvgIpc) is 3.32. The van der Waals surface area contributed by atoms with Crippen molar-refractivity contribution < 1.29 is 19.1 Å². The molecule has 164 valence electrons. The van der Waals surface area contributed by atoms with E-state index in [1.165, 1.54) is 11.3 Å². The van der Waals surface area contributed by atoms with Crippen LogP contribution in [0.5, 0.6) is 5.75 Å². The number of aryl methyl sites for hydroxylation is 1. The van der Waals surface area contributed by atoms with Gasteiger partial charge in [0.2, 0.25) is 5.78 Å². The minimum absolute atomic E-state index is 0.0233. The number of esters is 1. The summed E-state index contributed by atoms with van der Waals surface area (Å²) >= 11 is 1.45. The number of hydrogen-bond acceptors (Lipinski definition) is 6. The minimum atomic E-state index is -0.467. The van der Waals surface area contributed by atoms with Crippen LogP contribution in [0.4, 0.5) is 0 Å². The standard InChI is InChI=1S/C24H28N2O4S/c1-5-11-26-16(3)12-20(17(26)4)21(27)14-30-23(28)13-18-15-31-24(25-18)19-9-7-8-10-22(19)29-6-2/h7-10,12,15H,5-6,11,13-14H2,1-4H3. The predicted molar refractivity (Wildman–Crippen MR) is 122 cm³/mol.